The molecule has 0 spiro atoms. The standard InChI is InChI=1S/C55H101N5O22/c1-5-75-30-31-76-29-20-45(67)59-38(16-6-10-21-56-42(64)17-7-11-26-77-53-35(2)46(68)49(71)39(32-61)80-53)52(74)60(24-14-22-57-43(65)18-8-12-27-78-54-36(3)47(69)50(72)40(33-62)81-54)25-15-23-58-44(66)19-9-13-28-79-55-37(4)48(70)51(73)41(34-63)82-55/h35-41,46-51,53-55,61-63,68-73H,5-34H2,1-4H3,(H,56,64)(H,57,65)(H,58,66)(H,59,67). The molecule has 3 heterocycles. The van der Waals surface area contributed by atoms with Crippen LogP contribution in [0.25, 0.3) is 0 Å². The fourth-order valence-corrected chi connectivity index (χ4v) is 9.56. The van der Waals surface area contributed by atoms with Gasteiger partial charge in [0.2, 0.25) is 29.5 Å². The third-order valence-electron chi connectivity index (χ3n) is 14.9. The number of nitrogens with one attached hydrogen (secondary N) is 4. The van der Waals surface area contributed by atoms with E-state index >= 15 is 0 Å². The molecule has 3 aliphatic heterocycles. The number of hydrogen-bond donors (Lipinski definition) is 13. The van der Waals surface area contributed by atoms with Crippen molar-refractivity contribution >= 4 is 29.5 Å². The number of rotatable bonds is 43. The molecule has 0 bridgehead atoms. The Morgan fingerprint density at radius 1 is 0.451 bits per heavy atom. The zero-order valence-electron chi connectivity index (χ0n) is 48.7. The Morgan fingerprint density at radius 3 is 1.21 bits per heavy atom. The largest absolute Gasteiger partial charge is 0.394 e. The normalized spacial score (nSPS) is 28.7. The van der Waals surface area contributed by atoms with E-state index in [-0.39, 0.29) is 108 Å². The Kier molecular flexibility index (Phi) is 37.1. The summed E-state index contributed by atoms with van der Waals surface area (Å²) in [5, 5.41) is 101. The number of carbonyl (C=O) groups is 5. The molecule has 27 nitrogen and oxygen atoms in total. The SMILES string of the molecule is CCOCCOCCC(=O)NC(CCCCNC(=O)CCCCOC1OC(CO)C(O)C(O)C1C)C(=O)N(CCCNC(=O)CCCCOC1OC(CO)C(O)C(O)C1C)CCCNC(=O)CCCCOC1OC(CO)C(O)C(O)C1C. The summed E-state index contributed by atoms with van der Waals surface area (Å²) in [7, 11) is 0. The van der Waals surface area contributed by atoms with Crippen LogP contribution < -0.4 is 21.3 Å². The van der Waals surface area contributed by atoms with E-state index < -0.39 is 123 Å². The summed E-state index contributed by atoms with van der Waals surface area (Å²) in [6.07, 6.45) is -7.00. The molecule has 16 unspecified atom stereocenters. The third-order valence-corrected chi connectivity index (χ3v) is 14.9. The number of carbonyl (C=O) groups excluding carboxylic acids is 5. The second-order valence-electron chi connectivity index (χ2n) is 21.4. The van der Waals surface area contributed by atoms with Crippen molar-refractivity contribution in [2.75, 3.05) is 98.8 Å². The maximum Gasteiger partial charge on any atom is 0.245 e. The van der Waals surface area contributed by atoms with E-state index in [1.165, 1.54) is 0 Å². The number of hydrogen-bond acceptors (Lipinski definition) is 22. The van der Waals surface area contributed by atoms with Gasteiger partial charge in [-0.3, -0.25) is 24.0 Å². The third kappa shape index (κ3) is 26.5. The van der Waals surface area contributed by atoms with E-state index in [0.717, 1.165) is 0 Å². The number of aliphatic hydroxyl groups excluding tert-OH is 9. The maximum atomic E-state index is 14.5. The fourth-order valence-electron chi connectivity index (χ4n) is 9.56. The van der Waals surface area contributed by atoms with Gasteiger partial charge in [-0.1, -0.05) is 20.8 Å². The van der Waals surface area contributed by atoms with E-state index in [1.807, 2.05) is 6.92 Å². The van der Waals surface area contributed by atoms with Crippen molar-refractivity contribution in [2.45, 2.75) is 204 Å². The molecule has 3 fully saturated rings. The number of amides is 5. The molecule has 0 saturated carbocycles. The lowest BCUT2D eigenvalue weighted by atomic mass is 9.92. The van der Waals surface area contributed by atoms with Crippen molar-refractivity contribution in [1.82, 2.24) is 26.2 Å². The van der Waals surface area contributed by atoms with Gasteiger partial charge >= 0.3 is 0 Å². The average Bonchev–Trinajstić information content (AvgIpc) is 3.51. The zero-order chi connectivity index (χ0) is 60.4. The minimum absolute atomic E-state index is 0.00980. The van der Waals surface area contributed by atoms with E-state index in [2.05, 4.69) is 21.3 Å². The fraction of sp³-hybridized carbons (Fsp3) is 0.909. The topological polar surface area (TPSA) is 393 Å². The smallest absolute Gasteiger partial charge is 0.245 e. The Bertz CT molecular complexity index is 1710. The Hall–Kier alpha value is -3.33. The minimum atomic E-state index is -1.24. The first kappa shape index (κ1) is 72.9. The molecular weight excluding hydrogens is 1080 g/mol. The highest BCUT2D eigenvalue weighted by Crippen LogP contribution is 2.29. The van der Waals surface area contributed by atoms with Crippen LogP contribution in [-0.4, -0.2) is 259 Å². The number of nitrogens with zero attached hydrogens (tertiary/aromatic N) is 1. The van der Waals surface area contributed by atoms with Gasteiger partial charge in [-0.2, -0.15) is 0 Å². The summed E-state index contributed by atoms with van der Waals surface area (Å²) < 4.78 is 44.9. The molecule has 82 heavy (non-hydrogen) atoms. The van der Waals surface area contributed by atoms with Crippen LogP contribution in [0.1, 0.15) is 124 Å². The van der Waals surface area contributed by atoms with Gasteiger partial charge in [0.15, 0.2) is 18.9 Å². The molecule has 0 radical (unpaired) electrons. The minimum Gasteiger partial charge on any atom is -0.394 e. The first-order valence-electron chi connectivity index (χ1n) is 29.6. The molecule has 0 aromatic rings. The molecule has 0 aliphatic carbocycles. The first-order valence-corrected chi connectivity index (χ1v) is 29.6. The second-order valence-corrected chi connectivity index (χ2v) is 21.4. The highest BCUT2D eigenvalue weighted by molar-refractivity contribution is 5.87. The van der Waals surface area contributed by atoms with Crippen LogP contribution in [0.3, 0.4) is 0 Å². The average molecular weight is 1180 g/mol. The van der Waals surface area contributed by atoms with Crippen LogP contribution in [0.5, 0.6) is 0 Å². The summed E-state index contributed by atoms with van der Waals surface area (Å²) in [5.74, 6) is -2.96. The van der Waals surface area contributed by atoms with Gasteiger partial charge in [-0.25, -0.2) is 0 Å². The Morgan fingerprint density at radius 2 is 0.829 bits per heavy atom. The van der Waals surface area contributed by atoms with Gasteiger partial charge in [0.25, 0.3) is 0 Å². The lowest BCUT2D eigenvalue weighted by molar-refractivity contribution is -0.282. The predicted octanol–water partition coefficient (Wildman–Crippen LogP) is -2.17. The molecule has 3 saturated heterocycles. The molecule has 16 atom stereocenters. The van der Waals surface area contributed by atoms with E-state index in [4.69, 9.17) is 37.9 Å². The molecule has 0 aromatic heterocycles. The summed E-state index contributed by atoms with van der Waals surface area (Å²) in [4.78, 5) is 67.8. The summed E-state index contributed by atoms with van der Waals surface area (Å²) in [5.41, 5.74) is 0. The Balaban J connectivity index is 1.54. The van der Waals surface area contributed by atoms with Gasteiger partial charge in [-0.15, -0.1) is 0 Å². The zero-order valence-corrected chi connectivity index (χ0v) is 48.7. The molecule has 13 N–H and O–H groups in total. The van der Waals surface area contributed by atoms with Crippen molar-refractivity contribution in [2.24, 2.45) is 17.8 Å². The van der Waals surface area contributed by atoms with Crippen molar-refractivity contribution in [3.63, 3.8) is 0 Å². The second kappa shape index (κ2) is 41.7. The van der Waals surface area contributed by atoms with Crippen LogP contribution in [0.15, 0.2) is 0 Å². The quantitative estimate of drug-likeness (QED) is 0.0289. The van der Waals surface area contributed by atoms with Gasteiger partial charge in [0.05, 0.1) is 58.0 Å². The van der Waals surface area contributed by atoms with Gasteiger partial charge in [0.1, 0.15) is 42.7 Å². The molecule has 5 amide bonds. The van der Waals surface area contributed by atoms with Crippen molar-refractivity contribution in [1.29, 1.82) is 0 Å². The molecular formula is C55H101N5O22. The molecule has 27 heteroatoms. The first-order chi connectivity index (χ1) is 39.4. The van der Waals surface area contributed by atoms with E-state index in [1.54, 1.807) is 25.7 Å². The lowest BCUT2D eigenvalue weighted by Gasteiger charge is -2.40. The van der Waals surface area contributed by atoms with Gasteiger partial charge in [-0.05, 0) is 77.6 Å². The summed E-state index contributed by atoms with van der Waals surface area (Å²) >= 11 is 0. The lowest BCUT2D eigenvalue weighted by Crippen LogP contribution is -2.55. The monoisotopic (exact) mass is 1180 g/mol. The van der Waals surface area contributed by atoms with E-state index in [9.17, 15) is 69.9 Å². The number of ether oxygens (including phenoxy) is 8. The predicted molar refractivity (Wildman–Crippen MR) is 293 cm³/mol. The van der Waals surface area contributed by atoms with Gasteiger partial charge in [0, 0.05) is 103 Å². The molecule has 3 aliphatic rings. The number of unbranched alkanes of at least 4 members (excludes halogenated alkanes) is 4. The van der Waals surface area contributed by atoms with Crippen LogP contribution >= 0.6 is 0 Å². The summed E-state index contributed by atoms with van der Waals surface area (Å²) in [6, 6.07) is -0.942. The van der Waals surface area contributed by atoms with Crippen molar-refractivity contribution < 1.29 is 108 Å². The highest BCUT2D eigenvalue weighted by Gasteiger charge is 2.44. The van der Waals surface area contributed by atoms with Crippen molar-refractivity contribution in [3.8, 4) is 0 Å². The molecule has 3 rings (SSSR count). The van der Waals surface area contributed by atoms with E-state index in [0.29, 0.717) is 90.6 Å². The van der Waals surface area contributed by atoms with Crippen LogP contribution in [0.4, 0.5) is 0 Å². The Labute approximate surface area is 482 Å². The highest BCUT2D eigenvalue weighted by atomic mass is 16.7. The maximum absolute atomic E-state index is 14.5. The molecule has 0 aromatic carbocycles. The molecule has 478 valence electrons. The van der Waals surface area contributed by atoms with Crippen LogP contribution in [-0.2, 0) is 61.9 Å². The number of aliphatic hydroxyl groups is 9. The van der Waals surface area contributed by atoms with Gasteiger partial charge < -0.3 is 110 Å². The van der Waals surface area contributed by atoms with Crippen LogP contribution in [0.2, 0.25) is 0 Å². The summed E-state index contributed by atoms with van der Waals surface area (Å²) in [6.45, 7) is 8.62. The van der Waals surface area contributed by atoms with Crippen molar-refractivity contribution in [3.05, 3.63) is 0 Å². The van der Waals surface area contributed by atoms with Crippen LogP contribution in [0, 0.1) is 17.8 Å².